The average molecular weight is 516 g/mol. The minimum atomic E-state index is -0.320. The molecule has 1 N–H and O–H groups in total. The van der Waals surface area contributed by atoms with Crippen LogP contribution in [0.4, 0.5) is 11.4 Å². The van der Waals surface area contributed by atoms with Gasteiger partial charge in [0.05, 0.1) is 23.2 Å². The van der Waals surface area contributed by atoms with Crippen molar-refractivity contribution in [3.8, 4) is 0 Å². The van der Waals surface area contributed by atoms with E-state index in [9.17, 15) is 9.59 Å². The molecule has 2 amide bonds. The summed E-state index contributed by atoms with van der Waals surface area (Å²) >= 11 is 15.8. The fraction of sp³-hybridized carbons (Fsp3) is 0.167. The van der Waals surface area contributed by atoms with Crippen molar-refractivity contribution in [1.82, 2.24) is 10.4 Å². The van der Waals surface area contributed by atoms with Crippen LogP contribution in [0, 0.1) is 0 Å². The number of hydrogen-bond acceptors (Lipinski definition) is 5. The van der Waals surface area contributed by atoms with Gasteiger partial charge in [0.15, 0.2) is 0 Å². The van der Waals surface area contributed by atoms with Crippen molar-refractivity contribution in [2.24, 2.45) is 0 Å². The number of carbonyl (C=O) groups is 2. The van der Waals surface area contributed by atoms with Crippen LogP contribution in [0.15, 0.2) is 76.5 Å². The van der Waals surface area contributed by atoms with Gasteiger partial charge in [-0.05, 0) is 43.3 Å². The van der Waals surface area contributed by atoms with Crippen molar-refractivity contribution in [3.63, 3.8) is 0 Å². The number of nitrogens with zero attached hydrogens (tertiary/aromatic N) is 2. The lowest BCUT2D eigenvalue weighted by molar-refractivity contribution is -0.133. The van der Waals surface area contributed by atoms with E-state index in [1.54, 1.807) is 28.8 Å². The fourth-order valence-electron chi connectivity index (χ4n) is 3.90. The van der Waals surface area contributed by atoms with Crippen LogP contribution in [0.2, 0.25) is 10.0 Å². The van der Waals surface area contributed by atoms with Crippen molar-refractivity contribution in [1.29, 1.82) is 0 Å². The number of para-hydroxylation sites is 1. The van der Waals surface area contributed by atoms with Crippen molar-refractivity contribution in [3.05, 3.63) is 82.3 Å². The van der Waals surface area contributed by atoms with Gasteiger partial charge in [-0.15, -0.1) is 11.8 Å². The third-order valence-corrected chi connectivity index (χ3v) is 8.50. The summed E-state index contributed by atoms with van der Waals surface area (Å²) in [4.78, 5) is 30.0. The van der Waals surface area contributed by atoms with Crippen molar-refractivity contribution < 1.29 is 9.59 Å². The maximum Gasteiger partial charge on any atom is 0.250 e. The summed E-state index contributed by atoms with van der Waals surface area (Å²) in [7, 11) is 0. The zero-order chi connectivity index (χ0) is 23.1. The molecule has 2 heterocycles. The quantitative estimate of drug-likeness (QED) is 0.442. The maximum atomic E-state index is 13.5. The Kier molecular flexibility index (Phi) is 6.33. The van der Waals surface area contributed by atoms with Crippen LogP contribution < -0.4 is 10.3 Å². The molecule has 0 saturated carbocycles. The number of nitrogens with one attached hydrogen (secondary N) is 1. The van der Waals surface area contributed by atoms with E-state index in [0.717, 1.165) is 26.7 Å². The van der Waals surface area contributed by atoms with Gasteiger partial charge in [-0.1, -0.05) is 65.3 Å². The van der Waals surface area contributed by atoms with Gasteiger partial charge in [-0.3, -0.25) is 19.5 Å². The predicted molar refractivity (Wildman–Crippen MR) is 135 cm³/mol. The Hall–Kier alpha value is -2.16. The van der Waals surface area contributed by atoms with Gasteiger partial charge in [0.25, 0.3) is 5.91 Å². The van der Waals surface area contributed by atoms with Crippen LogP contribution >= 0.6 is 46.7 Å². The summed E-state index contributed by atoms with van der Waals surface area (Å²) in [5.41, 5.74) is 5.44. The van der Waals surface area contributed by atoms with Crippen LogP contribution in [0.1, 0.15) is 17.9 Å². The Morgan fingerprint density at radius 3 is 2.55 bits per heavy atom. The standard InChI is InChI=1S/C24H19Cl2N3O2S2/c1-14-23(31)29(24(32-14)16-6-2-3-7-17(16)26)27-13-22(30)28-18-8-4-5-9-20(18)33-21-11-10-15(25)12-19(21)28/h2-12,14,24,27H,13H2,1H3. The lowest BCUT2D eigenvalue weighted by atomic mass is 10.2. The first-order chi connectivity index (χ1) is 15.9. The molecule has 2 aliphatic heterocycles. The number of hydrogen-bond donors (Lipinski definition) is 1. The van der Waals surface area contributed by atoms with E-state index in [0.29, 0.717) is 10.0 Å². The number of fused-ring (bicyclic) bond motifs is 2. The number of anilines is 2. The number of carbonyl (C=O) groups excluding carboxylic acids is 2. The minimum absolute atomic E-state index is 0.0646. The molecular formula is C24H19Cl2N3O2S2. The van der Waals surface area contributed by atoms with Crippen LogP contribution in [-0.4, -0.2) is 28.6 Å². The number of rotatable bonds is 4. The molecule has 3 aromatic carbocycles. The molecule has 168 valence electrons. The third kappa shape index (κ3) is 4.24. The molecule has 2 unspecified atom stereocenters. The highest BCUT2D eigenvalue weighted by atomic mass is 35.5. The summed E-state index contributed by atoms with van der Waals surface area (Å²) in [6, 6.07) is 20.7. The number of amides is 2. The monoisotopic (exact) mass is 515 g/mol. The Labute approximate surface area is 210 Å². The first-order valence-electron chi connectivity index (χ1n) is 10.3. The van der Waals surface area contributed by atoms with Gasteiger partial charge >= 0.3 is 0 Å². The summed E-state index contributed by atoms with van der Waals surface area (Å²) in [5.74, 6) is -0.280. The molecular weight excluding hydrogens is 497 g/mol. The largest absolute Gasteiger partial charge is 0.278 e. The van der Waals surface area contributed by atoms with E-state index in [1.165, 1.54) is 16.8 Å². The average Bonchev–Trinajstić information content (AvgIpc) is 3.09. The van der Waals surface area contributed by atoms with E-state index >= 15 is 0 Å². The van der Waals surface area contributed by atoms with Crippen molar-refractivity contribution in [2.45, 2.75) is 27.3 Å². The second-order valence-corrected chi connectivity index (χ2v) is 11.0. The molecule has 9 heteroatoms. The van der Waals surface area contributed by atoms with Crippen LogP contribution in [0.5, 0.6) is 0 Å². The van der Waals surface area contributed by atoms with Crippen LogP contribution in [0.3, 0.4) is 0 Å². The van der Waals surface area contributed by atoms with Gasteiger partial charge in [0, 0.05) is 25.4 Å². The van der Waals surface area contributed by atoms with Gasteiger partial charge in [0.1, 0.15) is 5.37 Å². The minimum Gasteiger partial charge on any atom is -0.278 e. The topological polar surface area (TPSA) is 52.7 Å². The predicted octanol–water partition coefficient (Wildman–Crippen LogP) is 6.29. The smallest absolute Gasteiger partial charge is 0.250 e. The molecule has 3 aromatic rings. The zero-order valence-electron chi connectivity index (χ0n) is 17.5. The first kappa shape index (κ1) is 22.6. The van der Waals surface area contributed by atoms with Crippen molar-refractivity contribution in [2.75, 3.05) is 11.4 Å². The molecule has 1 saturated heterocycles. The van der Waals surface area contributed by atoms with Gasteiger partial charge < -0.3 is 0 Å². The highest BCUT2D eigenvalue weighted by molar-refractivity contribution is 8.01. The van der Waals surface area contributed by atoms with E-state index < -0.39 is 0 Å². The molecule has 33 heavy (non-hydrogen) atoms. The Morgan fingerprint density at radius 1 is 1.00 bits per heavy atom. The normalized spacial score (nSPS) is 19.4. The SMILES string of the molecule is CC1SC(c2ccccc2Cl)N(NCC(=O)N2c3ccccc3Sc3ccc(Cl)cc32)C1=O. The highest BCUT2D eigenvalue weighted by Crippen LogP contribution is 2.49. The summed E-state index contributed by atoms with van der Waals surface area (Å²) < 4.78 is 0. The second-order valence-electron chi connectivity index (χ2n) is 7.61. The van der Waals surface area contributed by atoms with E-state index in [2.05, 4.69) is 5.43 Å². The number of benzene rings is 3. The summed E-state index contributed by atoms with van der Waals surface area (Å²) in [5, 5.41) is 2.09. The van der Waals surface area contributed by atoms with Gasteiger partial charge in [0.2, 0.25) is 5.91 Å². The summed E-state index contributed by atoms with van der Waals surface area (Å²) in [6.45, 7) is 1.79. The third-order valence-electron chi connectivity index (χ3n) is 5.46. The molecule has 0 radical (unpaired) electrons. The number of thioether (sulfide) groups is 1. The molecule has 0 aromatic heterocycles. The lowest BCUT2D eigenvalue weighted by Crippen LogP contribution is -2.47. The number of hydrazine groups is 1. The molecule has 2 aliphatic rings. The van der Waals surface area contributed by atoms with Gasteiger partial charge in [-0.2, -0.15) is 0 Å². The zero-order valence-corrected chi connectivity index (χ0v) is 20.6. The molecule has 0 bridgehead atoms. The molecule has 2 atom stereocenters. The second kappa shape index (κ2) is 9.24. The summed E-state index contributed by atoms with van der Waals surface area (Å²) in [6.07, 6.45) is 0. The lowest BCUT2D eigenvalue weighted by Gasteiger charge is -2.32. The van der Waals surface area contributed by atoms with Crippen LogP contribution in [0.25, 0.3) is 0 Å². The van der Waals surface area contributed by atoms with E-state index in [-0.39, 0.29) is 29.0 Å². The maximum absolute atomic E-state index is 13.5. The van der Waals surface area contributed by atoms with Crippen molar-refractivity contribution >= 4 is 69.9 Å². The molecule has 5 nitrogen and oxygen atoms in total. The Balaban J connectivity index is 1.43. The molecule has 0 aliphatic carbocycles. The fourth-order valence-corrected chi connectivity index (χ4v) is 6.68. The van der Waals surface area contributed by atoms with E-state index in [1.807, 2.05) is 61.5 Å². The number of halogens is 2. The molecule has 5 rings (SSSR count). The molecule has 0 spiro atoms. The van der Waals surface area contributed by atoms with Crippen LogP contribution in [-0.2, 0) is 9.59 Å². The van der Waals surface area contributed by atoms with E-state index in [4.69, 9.17) is 23.2 Å². The highest BCUT2D eigenvalue weighted by Gasteiger charge is 2.40. The first-order valence-corrected chi connectivity index (χ1v) is 12.8. The Morgan fingerprint density at radius 2 is 1.73 bits per heavy atom. The van der Waals surface area contributed by atoms with Gasteiger partial charge in [-0.25, -0.2) is 5.43 Å². The Bertz CT molecular complexity index is 1260. The molecule has 1 fully saturated rings.